The van der Waals surface area contributed by atoms with E-state index in [0.717, 1.165) is 0 Å². The molecule has 0 bridgehead atoms. The van der Waals surface area contributed by atoms with Crippen molar-refractivity contribution in [2.75, 3.05) is 34.0 Å². The summed E-state index contributed by atoms with van der Waals surface area (Å²) in [6.45, 7) is 0.680. The van der Waals surface area contributed by atoms with Crippen molar-refractivity contribution < 1.29 is 38.1 Å². The maximum atomic E-state index is 11.9. The van der Waals surface area contributed by atoms with Gasteiger partial charge in [0, 0.05) is 23.8 Å². The summed E-state index contributed by atoms with van der Waals surface area (Å²) in [5.74, 6) is 0.0680. The lowest BCUT2D eigenvalue weighted by atomic mass is 10.0. The van der Waals surface area contributed by atoms with E-state index < -0.39 is 5.97 Å². The van der Waals surface area contributed by atoms with Gasteiger partial charge in [0.05, 0.1) is 25.9 Å². The molecule has 0 radical (unpaired) electrons. The average molecular weight is 428 g/mol. The summed E-state index contributed by atoms with van der Waals surface area (Å²) in [5, 5.41) is 0. The third-order valence-corrected chi connectivity index (χ3v) is 4.36. The lowest BCUT2D eigenvalue weighted by molar-refractivity contribution is 0.0597. The minimum Gasteiger partial charge on any atom is -0.494 e. The Balaban J connectivity index is 1.81. The number of ether oxygens (including phenoxy) is 4. The Kier molecular flexibility index (Phi) is 9.38. The predicted molar refractivity (Wildman–Crippen MR) is 111 cm³/mol. The van der Waals surface area contributed by atoms with Crippen molar-refractivity contribution in [3.8, 4) is 11.5 Å². The van der Waals surface area contributed by atoms with Crippen LogP contribution in [0.2, 0.25) is 0 Å². The Morgan fingerprint density at radius 1 is 0.806 bits per heavy atom. The third-order valence-electron chi connectivity index (χ3n) is 4.36. The number of benzene rings is 2. The van der Waals surface area contributed by atoms with Crippen molar-refractivity contribution in [3.63, 3.8) is 0 Å². The maximum Gasteiger partial charge on any atom is 0.338 e. The van der Waals surface area contributed by atoms with Gasteiger partial charge in [0.15, 0.2) is 18.4 Å². The number of hydrogen-bond acceptors (Lipinski definition) is 8. The van der Waals surface area contributed by atoms with Gasteiger partial charge >= 0.3 is 5.97 Å². The van der Waals surface area contributed by atoms with Crippen LogP contribution in [0, 0.1) is 0 Å². The zero-order valence-electron chi connectivity index (χ0n) is 17.4. The molecule has 0 aliphatic rings. The number of esters is 1. The Labute approximate surface area is 180 Å². The van der Waals surface area contributed by atoms with E-state index >= 15 is 0 Å². The van der Waals surface area contributed by atoms with E-state index in [1.54, 1.807) is 18.2 Å². The Morgan fingerprint density at radius 2 is 1.42 bits per heavy atom. The molecule has 0 N–H and O–H groups in total. The summed E-state index contributed by atoms with van der Waals surface area (Å²) >= 11 is 0. The SMILES string of the molecule is COCC(=O)c1ccc(OCCCCOc2ccc(C=O)c(C(=O)OC)c2)cc1C=O. The summed E-state index contributed by atoms with van der Waals surface area (Å²) < 4.78 is 20.7. The fourth-order valence-electron chi connectivity index (χ4n) is 2.79. The second-order valence-corrected chi connectivity index (χ2v) is 6.49. The van der Waals surface area contributed by atoms with Crippen molar-refractivity contribution in [2.45, 2.75) is 12.8 Å². The number of ketones is 1. The summed E-state index contributed by atoms with van der Waals surface area (Å²) in [6.07, 6.45) is 2.55. The quantitative estimate of drug-likeness (QED) is 0.207. The number of aldehydes is 2. The molecule has 0 aromatic heterocycles. The molecular weight excluding hydrogens is 404 g/mol. The highest BCUT2D eigenvalue weighted by molar-refractivity contribution is 6.03. The number of unbranched alkanes of at least 4 members (excludes halogenated alkanes) is 1. The molecule has 0 aliphatic heterocycles. The van der Waals surface area contributed by atoms with E-state index in [2.05, 4.69) is 4.74 Å². The zero-order valence-corrected chi connectivity index (χ0v) is 17.4. The standard InChI is InChI=1S/C23H24O8/c1-28-15-22(26)20-8-7-18(11-17(20)14-25)30-9-3-4-10-31-19-6-5-16(13-24)21(12-19)23(27)29-2/h5-8,11-14H,3-4,9-10,15H2,1-2H3. The van der Waals surface area contributed by atoms with Gasteiger partial charge in [-0.15, -0.1) is 0 Å². The topological polar surface area (TPSA) is 105 Å². The molecule has 0 atom stereocenters. The number of Topliss-reactive ketones (excluding diaryl/α,β-unsaturated/α-hetero) is 1. The van der Waals surface area contributed by atoms with Gasteiger partial charge in [0.2, 0.25) is 0 Å². The first-order valence-corrected chi connectivity index (χ1v) is 9.58. The summed E-state index contributed by atoms with van der Waals surface area (Å²) in [6, 6.07) is 9.29. The Hall–Kier alpha value is -3.52. The first-order chi connectivity index (χ1) is 15.0. The molecule has 0 heterocycles. The fourth-order valence-corrected chi connectivity index (χ4v) is 2.79. The number of carbonyl (C=O) groups is 4. The molecule has 0 spiro atoms. The van der Waals surface area contributed by atoms with Crippen molar-refractivity contribution in [2.24, 2.45) is 0 Å². The summed E-state index contributed by atoms with van der Waals surface area (Å²) in [7, 11) is 2.66. The number of methoxy groups -OCH3 is 2. The van der Waals surface area contributed by atoms with Crippen LogP contribution in [0.3, 0.4) is 0 Å². The monoisotopic (exact) mass is 428 g/mol. The van der Waals surface area contributed by atoms with Crippen LogP contribution in [0.5, 0.6) is 11.5 Å². The van der Waals surface area contributed by atoms with E-state index in [1.807, 2.05) is 0 Å². The smallest absolute Gasteiger partial charge is 0.338 e. The second kappa shape index (κ2) is 12.2. The first-order valence-electron chi connectivity index (χ1n) is 9.58. The van der Waals surface area contributed by atoms with Crippen LogP contribution in [0.15, 0.2) is 36.4 Å². The lowest BCUT2D eigenvalue weighted by Crippen LogP contribution is -2.10. The molecule has 0 saturated heterocycles. The van der Waals surface area contributed by atoms with Crippen molar-refractivity contribution in [3.05, 3.63) is 58.7 Å². The van der Waals surface area contributed by atoms with Gasteiger partial charge in [-0.05, 0) is 49.2 Å². The van der Waals surface area contributed by atoms with E-state index in [0.29, 0.717) is 55.7 Å². The van der Waals surface area contributed by atoms with Crippen molar-refractivity contribution >= 4 is 24.3 Å². The Morgan fingerprint density at radius 3 is 2.00 bits per heavy atom. The summed E-state index contributed by atoms with van der Waals surface area (Å²) in [4.78, 5) is 45.9. The van der Waals surface area contributed by atoms with Gasteiger partial charge in [-0.25, -0.2) is 4.79 Å². The van der Waals surface area contributed by atoms with Crippen LogP contribution in [-0.2, 0) is 9.47 Å². The van der Waals surface area contributed by atoms with Gasteiger partial charge in [-0.1, -0.05) is 0 Å². The van der Waals surface area contributed by atoms with Crippen LogP contribution < -0.4 is 9.47 Å². The minimum absolute atomic E-state index is 0.0972. The molecule has 0 unspecified atom stereocenters. The maximum absolute atomic E-state index is 11.9. The molecule has 8 nitrogen and oxygen atoms in total. The van der Waals surface area contributed by atoms with Gasteiger partial charge in [-0.2, -0.15) is 0 Å². The van der Waals surface area contributed by atoms with Crippen LogP contribution >= 0.6 is 0 Å². The van der Waals surface area contributed by atoms with Gasteiger partial charge < -0.3 is 18.9 Å². The highest BCUT2D eigenvalue weighted by atomic mass is 16.5. The molecule has 0 saturated carbocycles. The van der Waals surface area contributed by atoms with Crippen LogP contribution in [0.1, 0.15) is 54.3 Å². The van der Waals surface area contributed by atoms with Gasteiger partial charge in [0.1, 0.15) is 18.1 Å². The number of hydrogen-bond donors (Lipinski definition) is 0. The number of rotatable bonds is 13. The molecule has 0 fully saturated rings. The zero-order chi connectivity index (χ0) is 22.6. The van der Waals surface area contributed by atoms with E-state index in [-0.39, 0.29) is 29.1 Å². The number of carbonyl (C=O) groups excluding carboxylic acids is 4. The van der Waals surface area contributed by atoms with E-state index in [4.69, 9.17) is 14.2 Å². The average Bonchev–Trinajstić information content (AvgIpc) is 2.80. The molecule has 0 amide bonds. The molecule has 2 aromatic rings. The molecular formula is C23H24O8. The summed E-state index contributed by atoms with van der Waals surface area (Å²) in [5.41, 5.74) is 0.932. The first kappa shape index (κ1) is 23.8. The van der Waals surface area contributed by atoms with Gasteiger partial charge in [0.25, 0.3) is 0 Å². The lowest BCUT2D eigenvalue weighted by Gasteiger charge is -2.10. The van der Waals surface area contributed by atoms with Crippen LogP contribution in [0.4, 0.5) is 0 Å². The van der Waals surface area contributed by atoms with Crippen molar-refractivity contribution in [1.82, 2.24) is 0 Å². The fraction of sp³-hybridized carbons (Fsp3) is 0.304. The normalized spacial score (nSPS) is 10.3. The minimum atomic E-state index is -0.606. The highest BCUT2D eigenvalue weighted by Gasteiger charge is 2.13. The largest absolute Gasteiger partial charge is 0.494 e. The molecule has 8 heteroatoms. The molecule has 164 valence electrons. The second-order valence-electron chi connectivity index (χ2n) is 6.49. The van der Waals surface area contributed by atoms with Gasteiger partial charge in [-0.3, -0.25) is 14.4 Å². The third kappa shape index (κ3) is 6.75. The van der Waals surface area contributed by atoms with Crippen LogP contribution in [-0.4, -0.2) is 58.4 Å². The predicted octanol–water partition coefficient (Wildman–Crippen LogP) is 3.17. The van der Waals surface area contributed by atoms with E-state index in [9.17, 15) is 19.2 Å². The molecule has 31 heavy (non-hydrogen) atoms. The molecule has 0 aliphatic carbocycles. The van der Waals surface area contributed by atoms with Crippen molar-refractivity contribution in [1.29, 1.82) is 0 Å². The van der Waals surface area contributed by atoms with E-state index in [1.165, 1.54) is 32.4 Å². The highest BCUT2D eigenvalue weighted by Crippen LogP contribution is 2.19. The molecule has 2 rings (SSSR count). The van der Waals surface area contributed by atoms with Crippen LogP contribution in [0.25, 0.3) is 0 Å². The Bertz CT molecular complexity index is 935. The molecule has 2 aromatic carbocycles.